The maximum atomic E-state index is 14.1. The maximum absolute atomic E-state index is 14.1. The van der Waals surface area contributed by atoms with Crippen LogP contribution in [0.3, 0.4) is 0 Å². The van der Waals surface area contributed by atoms with Gasteiger partial charge in [0.2, 0.25) is 0 Å². The largest absolute Gasteiger partial charge is 0.134 e. The number of rotatable bonds is 12. The Hall–Kier alpha value is -0.860. The zero-order chi connectivity index (χ0) is 19.0. The molecule has 0 atom stereocenters. The van der Waals surface area contributed by atoms with Gasteiger partial charge in [-0.1, -0.05) is 103 Å². The molecule has 0 fully saturated rings. The molecule has 0 aromatic heterocycles. The monoisotopic (exact) mass is 358 g/mol. The Labute approximate surface area is 162 Å². The van der Waals surface area contributed by atoms with Gasteiger partial charge in [0.15, 0.2) is 0 Å². The second kappa shape index (κ2) is 9.90. The molecule has 26 heavy (non-hydrogen) atoms. The van der Waals surface area contributed by atoms with Crippen LogP contribution in [0.25, 0.3) is 0 Å². The van der Waals surface area contributed by atoms with Crippen LogP contribution in [-0.2, 0) is 16.3 Å². The van der Waals surface area contributed by atoms with Crippen LogP contribution in [0.5, 0.6) is 0 Å². The van der Waals surface area contributed by atoms with Crippen molar-refractivity contribution in [1.29, 1.82) is 0 Å². The lowest BCUT2D eigenvalue weighted by atomic mass is 9.79. The molecular formula is C24H40NO. The van der Waals surface area contributed by atoms with Gasteiger partial charge in [-0.25, -0.2) is 0 Å². The molecule has 1 radical (unpaired) electrons. The van der Waals surface area contributed by atoms with E-state index in [1.807, 2.05) is 0 Å². The Kier molecular flexibility index (Phi) is 8.16. The average Bonchev–Trinajstić information content (AvgIpc) is 2.88. The molecule has 1 aromatic carbocycles. The first-order valence-corrected chi connectivity index (χ1v) is 11.2. The molecule has 2 rings (SSSR count). The molecule has 0 unspecified atom stereocenters. The molecule has 2 nitrogen and oxygen atoms in total. The summed E-state index contributed by atoms with van der Waals surface area (Å²) in [6.07, 6.45) is 13.2. The van der Waals surface area contributed by atoms with Gasteiger partial charge in [-0.3, -0.25) is 0 Å². The Morgan fingerprint density at radius 1 is 0.654 bits per heavy atom. The molecule has 0 aliphatic carbocycles. The van der Waals surface area contributed by atoms with Crippen molar-refractivity contribution < 1.29 is 5.21 Å². The molecule has 0 N–H and O–H groups in total. The highest BCUT2D eigenvalue weighted by molar-refractivity contribution is 5.44. The summed E-state index contributed by atoms with van der Waals surface area (Å²) in [4.78, 5) is 0. The lowest BCUT2D eigenvalue weighted by molar-refractivity contribution is -0.292. The van der Waals surface area contributed by atoms with Crippen molar-refractivity contribution in [2.75, 3.05) is 0 Å². The third kappa shape index (κ3) is 3.87. The van der Waals surface area contributed by atoms with Crippen LogP contribution in [0.1, 0.15) is 116 Å². The highest BCUT2D eigenvalue weighted by atomic mass is 16.5. The van der Waals surface area contributed by atoms with Crippen LogP contribution in [0.2, 0.25) is 0 Å². The van der Waals surface area contributed by atoms with Gasteiger partial charge in [0, 0.05) is 0 Å². The Morgan fingerprint density at radius 2 is 0.962 bits per heavy atom. The third-order valence-electron chi connectivity index (χ3n) is 6.48. The number of unbranched alkanes of at least 4 members (excludes halogenated alkanes) is 4. The Balaban J connectivity index is 2.56. The van der Waals surface area contributed by atoms with Crippen molar-refractivity contribution >= 4 is 0 Å². The molecule has 1 aliphatic rings. The molecule has 0 amide bonds. The predicted octanol–water partition coefficient (Wildman–Crippen LogP) is 7.50. The molecule has 2 heteroatoms. The molecule has 1 aliphatic heterocycles. The van der Waals surface area contributed by atoms with Crippen molar-refractivity contribution in [3.05, 3.63) is 35.4 Å². The van der Waals surface area contributed by atoms with E-state index in [0.717, 1.165) is 77.0 Å². The van der Waals surface area contributed by atoms with E-state index < -0.39 is 0 Å². The van der Waals surface area contributed by atoms with Gasteiger partial charge in [0.1, 0.15) is 0 Å². The van der Waals surface area contributed by atoms with Gasteiger partial charge in [-0.05, 0) is 36.8 Å². The van der Waals surface area contributed by atoms with Gasteiger partial charge in [-0.2, -0.15) is 0 Å². The molecule has 147 valence electrons. The summed E-state index contributed by atoms with van der Waals surface area (Å²) in [7, 11) is 0. The van der Waals surface area contributed by atoms with Crippen LogP contribution in [0.15, 0.2) is 24.3 Å². The van der Waals surface area contributed by atoms with E-state index in [1.54, 1.807) is 5.06 Å². The van der Waals surface area contributed by atoms with E-state index in [9.17, 15) is 5.21 Å². The highest BCUT2D eigenvalue weighted by Gasteiger charge is 2.57. The van der Waals surface area contributed by atoms with E-state index in [-0.39, 0.29) is 11.1 Å². The number of hydrogen-bond donors (Lipinski definition) is 0. The summed E-state index contributed by atoms with van der Waals surface area (Å²) >= 11 is 0. The molecular weight excluding hydrogens is 318 g/mol. The van der Waals surface area contributed by atoms with Crippen LogP contribution in [0.4, 0.5) is 0 Å². The minimum atomic E-state index is -0.301. The van der Waals surface area contributed by atoms with Crippen LogP contribution < -0.4 is 0 Å². The SMILES string of the molecule is CCCCC1(CCCC)c2ccccc2C(CCCC)(CCCC)N1[O]. The minimum Gasteiger partial charge on any atom is -0.134 e. The number of hydroxylamine groups is 2. The van der Waals surface area contributed by atoms with E-state index in [1.165, 1.54) is 11.1 Å². The first kappa shape index (κ1) is 21.4. The fraction of sp³-hybridized carbons (Fsp3) is 0.750. The van der Waals surface area contributed by atoms with Gasteiger partial charge in [0.25, 0.3) is 0 Å². The zero-order valence-corrected chi connectivity index (χ0v) is 17.7. The van der Waals surface area contributed by atoms with Crippen molar-refractivity contribution in [2.45, 2.75) is 116 Å². The lowest BCUT2D eigenvalue weighted by Crippen LogP contribution is -2.48. The summed E-state index contributed by atoms with van der Waals surface area (Å²) in [5, 5.41) is 15.8. The zero-order valence-electron chi connectivity index (χ0n) is 17.7. The fourth-order valence-corrected chi connectivity index (χ4v) is 4.99. The Morgan fingerprint density at radius 3 is 1.23 bits per heavy atom. The van der Waals surface area contributed by atoms with Crippen molar-refractivity contribution in [3.63, 3.8) is 0 Å². The number of benzene rings is 1. The first-order chi connectivity index (χ1) is 12.6. The summed E-state index contributed by atoms with van der Waals surface area (Å²) in [6, 6.07) is 8.83. The normalized spacial score (nSPS) is 18.2. The predicted molar refractivity (Wildman–Crippen MR) is 110 cm³/mol. The highest BCUT2D eigenvalue weighted by Crippen LogP contribution is 2.57. The van der Waals surface area contributed by atoms with E-state index in [0.29, 0.717) is 0 Å². The number of hydrogen-bond acceptors (Lipinski definition) is 1. The van der Waals surface area contributed by atoms with Gasteiger partial charge < -0.3 is 0 Å². The quantitative estimate of drug-likeness (QED) is 0.379. The molecule has 0 bridgehead atoms. The van der Waals surface area contributed by atoms with E-state index in [4.69, 9.17) is 0 Å². The van der Waals surface area contributed by atoms with Crippen LogP contribution >= 0.6 is 0 Å². The van der Waals surface area contributed by atoms with E-state index in [2.05, 4.69) is 52.0 Å². The molecule has 1 aromatic rings. The second-order valence-electron chi connectivity index (χ2n) is 8.32. The van der Waals surface area contributed by atoms with Crippen molar-refractivity contribution in [1.82, 2.24) is 5.06 Å². The fourth-order valence-electron chi connectivity index (χ4n) is 4.99. The number of nitrogens with zero attached hydrogens (tertiary/aromatic N) is 1. The summed E-state index contributed by atoms with van der Waals surface area (Å²) < 4.78 is 0. The topological polar surface area (TPSA) is 23.1 Å². The second-order valence-corrected chi connectivity index (χ2v) is 8.32. The van der Waals surface area contributed by atoms with Gasteiger partial charge in [-0.15, -0.1) is 10.3 Å². The van der Waals surface area contributed by atoms with Crippen molar-refractivity contribution in [3.8, 4) is 0 Å². The summed E-state index contributed by atoms with van der Waals surface area (Å²) in [5.74, 6) is 0. The minimum absolute atomic E-state index is 0.301. The number of fused-ring (bicyclic) bond motifs is 1. The molecule has 0 saturated carbocycles. The van der Waals surface area contributed by atoms with Crippen LogP contribution in [0, 0.1) is 0 Å². The smallest absolute Gasteiger partial charge is 0.0755 e. The summed E-state index contributed by atoms with van der Waals surface area (Å²) in [6.45, 7) is 8.96. The third-order valence-corrected chi connectivity index (χ3v) is 6.48. The van der Waals surface area contributed by atoms with Crippen molar-refractivity contribution in [2.24, 2.45) is 0 Å². The van der Waals surface area contributed by atoms with Crippen LogP contribution in [-0.4, -0.2) is 5.06 Å². The molecule has 1 heterocycles. The van der Waals surface area contributed by atoms with Gasteiger partial charge >= 0.3 is 0 Å². The summed E-state index contributed by atoms with van der Waals surface area (Å²) in [5.41, 5.74) is 2.10. The molecule has 0 spiro atoms. The average molecular weight is 359 g/mol. The van der Waals surface area contributed by atoms with E-state index >= 15 is 0 Å². The first-order valence-electron chi connectivity index (χ1n) is 11.2. The standard InChI is InChI=1S/C24H40NO/c1-5-9-17-23(18-10-6-2)21-15-13-14-16-22(21)24(25(23)26,19-11-7-3)20-12-8-4/h13-16H,5-12,17-20H2,1-4H3. The maximum Gasteiger partial charge on any atom is 0.0755 e. The molecule has 0 saturated heterocycles. The van der Waals surface area contributed by atoms with Gasteiger partial charge in [0.05, 0.1) is 11.1 Å². The lowest BCUT2D eigenvalue weighted by Gasteiger charge is -2.42. The Bertz CT molecular complexity index is 476.